The first-order valence-corrected chi connectivity index (χ1v) is 14.2. The molecule has 4 aromatic heterocycles. The molecule has 1 fully saturated rings. The Morgan fingerprint density at radius 1 is 1.18 bits per heavy atom. The van der Waals surface area contributed by atoms with E-state index >= 15 is 0 Å². The Labute approximate surface area is 236 Å². The van der Waals surface area contributed by atoms with Crippen molar-refractivity contribution < 1.29 is 13.6 Å². The lowest BCUT2D eigenvalue weighted by atomic mass is 9.85. The van der Waals surface area contributed by atoms with Crippen LogP contribution >= 0.6 is 22.9 Å². The van der Waals surface area contributed by atoms with E-state index in [1.54, 1.807) is 26.7 Å². The summed E-state index contributed by atoms with van der Waals surface area (Å²) in [5.41, 5.74) is 1.96. The quantitative estimate of drug-likeness (QED) is 0.262. The first kappa shape index (κ1) is 26.5. The van der Waals surface area contributed by atoms with Crippen LogP contribution in [0.3, 0.4) is 0 Å². The number of hydrogen-bond acceptors (Lipinski definition) is 6. The highest BCUT2D eigenvalue weighted by Gasteiger charge is 2.27. The number of carbonyl (C=O) groups excluding carboxylic acids is 1. The minimum atomic E-state index is -2.88. The van der Waals surface area contributed by atoms with Crippen LogP contribution in [0.1, 0.15) is 53.2 Å². The fraction of sp³-hybridized carbons (Fsp3) is 0.321. The summed E-state index contributed by atoms with van der Waals surface area (Å²) in [5.74, 6) is -0.398. The van der Waals surface area contributed by atoms with Crippen LogP contribution in [0, 0.1) is 12.8 Å². The summed E-state index contributed by atoms with van der Waals surface area (Å²) in [4.78, 5) is 39.2. The van der Waals surface area contributed by atoms with E-state index in [1.807, 2.05) is 37.3 Å². The highest BCUT2D eigenvalue weighted by atomic mass is 35.5. The van der Waals surface area contributed by atoms with Crippen LogP contribution in [0.25, 0.3) is 27.1 Å². The molecule has 6 rings (SSSR count). The van der Waals surface area contributed by atoms with Crippen molar-refractivity contribution in [2.75, 3.05) is 0 Å². The second kappa shape index (κ2) is 10.7. The van der Waals surface area contributed by atoms with Crippen LogP contribution in [0.15, 0.2) is 53.6 Å². The number of carbonyl (C=O) groups is 1. The van der Waals surface area contributed by atoms with E-state index in [-0.39, 0.29) is 28.2 Å². The van der Waals surface area contributed by atoms with E-state index in [0.29, 0.717) is 25.0 Å². The molecule has 1 saturated carbocycles. The van der Waals surface area contributed by atoms with E-state index < -0.39 is 18.0 Å². The van der Waals surface area contributed by atoms with E-state index in [2.05, 4.69) is 20.3 Å². The smallest absolute Gasteiger partial charge is 0.334 e. The van der Waals surface area contributed by atoms with Crippen molar-refractivity contribution in [1.82, 2.24) is 29.4 Å². The predicted molar refractivity (Wildman–Crippen MR) is 151 cm³/mol. The molecule has 1 aliphatic carbocycles. The zero-order chi connectivity index (χ0) is 28.0. The third kappa shape index (κ3) is 4.99. The van der Waals surface area contributed by atoms with Gasteiger partial charge in [-0.1, -0.05) is 11.6 Å². The molecule has 1 N–H and O–H groups in total. The molecule has 5 aromatic rings. The number of hydrogen-bond donors (Lipinski definition) is 1. The molecule has 0 atom stereocenters. The van der Waals surface area contributed by atoms with Crippen molar-refractivity contribution in [2.45, 2.75) is 51.6 Å². The van der Waals surface area contributed by atoms with E-state index in [1.165, 1.54) is 6.07 Å². The number of amides is 1. The molecule has 8 nitrogen and oxygen atoms in total. The van der Waals surface area contributed by atoms with Crippen LogP contribution in [-0.2, 0) is 6.54 Å². The average Bonchev–Trinajstić information content (AvgIpc) is 3.44. The Morgan fingerprint density at radius 3 is 2.75 bits per heavy atom. The maximum Gasteiger partial charge on any atom is 0.334 e. The predicted octanol–water partition coefficient (Wildman–Crippen LogP) is 6.08. The minimum absolute atomic E-state index is 0.124. The summed E-state index contributed by atoms with van der Waals surface area (Å²) < 4.78 is 31.2. The lowest BCUT2D eigenvalue weighted by Gasteiger charge is -2.29. The molecule has 40 heavy (non-hydrogen) atoms. The second-order valence-corrected chi connectivity index (χ2v) is 11.7. The molecular formula is C28H25ClF2N6O2S. The van der Waals surface area contributed by atoms with Gasteiger partial charge in [-0.05, 0) is 74.9 Å². The molecule has 1 aromatic carbocycles. The number of fused-ring (bicyclic) bond motifs is 2. The third-order valence-corrected chi connectivity index (χ3v) is 8.54. The van der Waals surface area contributed by atoms with Gasteiger partial charge in [-0.15, -0.1) is 11.3 Å². The molecular weight excluding hydrogens is 558 g/mol. The summed E-state index contributed by atoms with van der Waals surface area (Å²) in [6, 6.07) is 10.6. The van der Waals surface area contributed by atoms with Gasteiger partial charge < -0.3 is 5.32 Å². The number of alkyl halides is 2. The SMILES string of the molecule is Cc1nc2cc(-n3c(=O)n(CC4CCC(NC(=O)c5cc(Cl)cnc5C(F)F)CC4)c4cccnc43)ccc2s1. The molecule has 0 bridgehead atoms. The monoisotopic (exact) mass is 582 g/mol. The summed E-state index contributed by atoms with van der Waals surface area (Å²) >= 11 is 7.51. The zero-order valence-electron chi connectivity index (χ0n) is 21.5. The standard InChI is InChI=1S/C28H25ClF2N6O2S/c1-15-34-21-12-19(8-9-23(21)40-15)37-26-22(3-2-10-32-26)36(28(37)39)14-16-4-6-18(7-5-16)35-27(38)20-11-17(29)13-33-24(20)25(30)31/h2-3,8-13,16,18,25H,4-7,14H2,1H3,(H,35,38). The second-order valence-electron chi connectivity index (χ2n) is 10.0. The average molecular weight is 583 g/mol. The molecule has 1 amide bonds. The summed E-state index contributed by atoms with van der Waals surface area (Å²) in [6.07, 6.45) is 2.78. The van der Waals surface area contributed by atoms with Gasteiger partial charge in [0.05, 0.1) is 37.0 Å². The van der Waals surface area contributed by atoms with Crippen molar-refractivity contribution in [2.24, 2.45) is 5.92 Å². The molecule has 4 heterocycles. The number of pyridine rings is 2. The number of benzene rings is 1. The van der Waals surface area contributed by atoms with Crippen molar-refractivity contribution in [3.8, 4) is 5.69 Å². The van der Waals surface area contributed by atoms with E-state index in [4.69, 9.17) is 11.6 Å². The van der Waals surface area contributed by atoms with Crippen LogP contribution in [0.5, 0.6) is 0 Å². The van der Waals surface area contributed by atoms with Gasteiger partial charge in [0, 0.05) is 25.0 Å². The van der Waals surface area contributed by atoms with Gasteiger partial charge in [0.15, 0.2) is 5.65 Å². The number of rotatable bonds is 6. The summed E-state index contributed by atoms with van der Waals surface area (Å²) in [6.45, 7) is 2.47. The van der Waals surface area contributed by atoms with Crippen LogP contribution < -0.4 is 11.0 Å². The van der Waals surface area contributed by atoms with E-state index in [9.17, 15) is 18.4 Å². The first-order chi connectivity index (χ1) is 19.3. The molecule has 12 heteroatoms. The fourth-order valence-electron chi connectivity index (χ4n) is 5.48. The van der Waals surface area contributed by atoms with Gasteiger partial charge in [0.1, 0.15) is 5.69 Å². The Bertz CT molecular complexity index is 1790. The fourth-order valence-corrected chi connectivity index (χ4v) is 6.45. The van der Waals surface area contributed by atoms with Gasteiger partial charge in [0.2, 0.25) is 0 Å². The normalized spacial score (nSPS) is 17.6. The first-order valence-electron chi connectivity index (χ1n) is 13.0. The summed E-state index contributed by atoms with van der Waals surface area (Å²) in [5, 5.41) is 3.95. The lowest BCUT2D eigenvalue weighted by molar-refractivity contribution is 0.0904. The molecule has 206 valence electrons. The topological polar surface area (TPSA) is 94.7 Å². The van der Waals surface area contributed by atoms with Crippen molar-refractivity contribution in [3.05, 3.63) is 80.6 Å². The number of imidazole rings is 1. The van der Waals surface area contributed by atoms with Gasteiger partial charge in [0.25, 0.3) is 12.3 Å². The number of nitrogens with zero attached hydrogens (tertiary/aromatic N) is 5. The van der Waals surface area contributed by atoms with Crippen LogP contribution in [-0.4, -0.2) is 36.0 Å². The Morgan fingerprint density at radius 2 is 1.98 bits per heavy atom. The van der Waals surface area contributed by atoms with E-state index in [0.717, 1.165) is 45.5 Å². The van der Waals surface area contributed by atoms with Gasteiger partial charge in [-0.25, -0.2) is 28.1 Å². The number of thiazole rings is 1. The third-order valence-electron chi connectivity index (χ3n) is 7.39. The van der Waals surface area contributed by atoms with Gasteiger partial charge >= 0.3 is 5.69 Å². The molecule has 0 radical (unpaired) electrons. The molecule has 0 spiro atoms. The lowest BCUT2D eigenvalue weighted by Crippen LogP contribution is -2.39. The van der Waals surface area contributed by atoms with Crippen molar-refractivity contribution in [1.29, 1.82) is 0 Å². The van der Waals surface area contributed by atoms with Gasteiger partial charge in [-0.2, -0.15) is 0 Å². The maximum absolute atomic E-state index is 13.7. The highest BCUT2D eigenvalue weighted by molar-refractivity contribution is 7.18. The van der Waals surface area contributed by atoms with Gasteiger partial charge in [-0.3, -0.25) is 14.3 Å². The Hall–Kier alpha value is -3.70. The number of aryl methyl sites for hydroxylation is 1. The number of aromatic nitrogens is 5. The highest BCUT2D eigenvalue weighted by Crippen LogP contribution is 2.29. The molecule has 0 unspecified atom stereocenters. The summed E-state index contributed by atoms with van der Waals surface area (Å²) in [7, 11) is 0. The van der Waals surface area contributed by atoms with Crippen molar-refractivity contribution >= 4 is 50.2 Å². The van der Waals surface area contributed by atoms with Crippen LogP contribution in [0.4, 0.5) is 8.78 Å². The largest absolute Gasteiger partial charge is 0.349 e. The molecule has 1 aliphatic rings. The van der Waals surface area contributed by atoms with Crippen LogP contribution in [0.2, 0.25) is 5.02 Å². The molecule has 0 saturated heterocycles. The Kier molecular flexibility index (Phi) is 7.09. The number of nitrogens with one attached hydrogen (secondary N) is 1. The van der Waals surface area contributed by atoms with Crippen molar-refractivity contribution in [3.63, 3.8) is 0 Å². The zero-order valence-corrected chi connectivity index (χ0v) is 23.1. The Balaban J connectivity index is 1.19. The molecule has 0 aliphatic heterocycles. The minimum Gasteiger partial charge on any atom is -0.349 e. The maximum atomic E-state index is 13.7. The number of halogens is 3.